The van der Waals surface area contributed by atoms with Crippen molar-refractivity contribution in [3.8, 4) is 0 Å². The van der Waals surface area contributed by atoms with E-state index in [9.17, 15) is 14.4 Å². The van der Waals surface area contributed by atoms with Crippen LogP contribution in [-0.4, -0.2) is 31.1 Å². The molecule has 0 aliphatic heterocycles. The molecule has 2 aromatic rings. The van der Waals surface area contributed by atoms with E-state index in [0.717, 1.165) is 40.8 Å². The molecule has 0 saturated heterocycles. The topological polar surface area (TPSA) is 81.7 Å². The van der Waals surface area contributed by atoms with Gasteiger partial charge in [-0.15, -0.1) is 11.3 Å². The number of carbonyl (C=O) groups excluding carboxylic acids is 3. The summed E-state index contributed by atoms with van der Waals surface area (Å²) < 4.78 is 10.2. The quantitative estimate of drug-likeness (QED) is 0.719. The number of nitrogens with one attached hydrogen (secondary N) is 1. The van der Waals surface area contributed by atoms with Gasteiger partial charge in [0.05, 0.1) is 18.6 Å². The number of hydrogen-bond acceptors (Lipinski definition) is 6. The lowest BCUT2D eigenvalue weighted by Crippen LogP contribution is -2.22. The van der Waals surface area contributed by atoms with Gasteiger partial charge in [-0.1, -0.05) is 24.3 Å². The van der Waals surface area contributed by atoms with Gasteiger partial charge < -0.3 is 14.8 Å². The molecule has 1 N–H and O–H groups in total. The zero-order chi connectivity index (χ0) is 20.1. The molecule has 28 heavy (non-hydrogen) atoms. The van der Waals surface area contributed by atoms with Gasteiger partial charge in [0.2, 0.25) is 0 Å². The molecule has 1 aromatic heterocycles. The van der Waals surface area contributed by atoms with E-state index in [2.05, 4.69) is 5.32 Å². The third kappa shape index (κ3) is 4.59. The smallest absolute Gasteiger partial charge is 0.341 e. The summed E-state index contributed by atoms with van der Waals surface area (Å²) in [7, 11) is 0. The molecular weight excluding hydrogens is 378 g/mol. The first-order chi connectivity index (χ1) is 13.5. The molecule has 1 aliphatic carbocycles. The van der Waals surface area contributed by atoms with Crippen molar-refractivity contribution in [3.05, 3.63) is 51.4 Å². The molecular formula is C21H23NO5S. The molecule has 0 saturated carbocycles. The predicted octanol–water partition coefficient (Wildman–Crippen LogP) is 3.45. The maximum absolute atomic E-state index is 12.3. The first-order valence-electron chi connectivity index (χ1n) is 9.31. The number of thiophene rings is 1. The van der Waals surface area contributed by atoms with Crippen LogP contribution in [0.5, 0.6) is 0 Å². The van der Waals surface area contributed by atoms with Crippen molar-refractivity contribution in [2.45, 2.75) is 39.5 Å². The fourth-order valence-corrected chi connectivity index (χ4v) is 4.53. The zero-order valence-corrected chi connectivity index (χ0v) is 16.8. The number of rotatable bonds is 7. The number of ether oxygens (including phenoxy) is 2. The van der Waals surface area contributed by atoms with Gasteiger partial charge in [0.25, 0.3) is 5.91 Å². The van der Waals surface area contributed by atoms with Gasteiger partial charge in [0, 0.05) is 4.88 Å². The number of aryl methyl sites for hydroxylation is 2. The van der Waals surface area contributed by atoms with Crippen molar-refractivity contribution in [1.29, 1.82) is 0 Å². The Balaban J connectivity index is 1.60. The van der Waals surface area contributed by atoms with Crippen LogP contribution in [0.2, 0.25) is 0 Å². The molecule has 0 atom stereocenters. The van der Waals surface area contributed by atoms with Crippen molar-refractivity contribution in [2.24, 2.45) is 0 Å². The third-order valence-corrected chi connectivity index (χ3v) is 5.82. The number of hydrogen-bond donors (Lipinski definition) is 1. The van der Waals surface area contributed by atoms with E-state index >= 15 is 0 Å². The Bertz CT molecular complexity index is 902. The van der Waals surface area contributed by atoms with Crippen molar-refractivity contribution < 1.29 is 23.9 Å². The maximum atomic E-state index is 12.3. The Labute approximate surface area is 167 Å². The lowest BCUT2D eigenvalue weighted by molar-refractivity contribution is -0.146. The molecule has 6 nitrogen and oxygen atoms in total. The van der Waals surface area contributed by atoms with Crippen LogP contribution < -0.4 is 5.32 Å². The van der Waals surface area contributed by atoms with Gasteiger partial charge in [0.15, 0.2) is 6.61 Å². The SMILES string of the molecule is CCOC(=O)c1c(NC(=O)COC(=O)Cc2ccccc2C)sc2c1CCC2. The van der Waals surface area contributed by atoms with Gasteiger partial charge in [-0.05, 0) is 49.8 Å². The highest BCUT2D eigenvalue weighted by Gasteiger charge is 2.28. The summed E-state index contributed by atoms with van der Waals surface area (Å²) in [6, 6.07) is 7.53. The number of anilines is 1. The molecule has 0 radical (unpaired) electrons. The number of esters is 2. The van der Waals surface area contributed by atoms with E-state index < -0.39 is 24.5 Å². The summed E-state index contributed by atoms with van der Waals surface area (Å²) in [5, 5.41) is 3.19. The van der Waals surface area contributed by atoms with Gasteiger partial charge in [0.1, 0.15) is 5.00 Å². The fourth-order valence-electron chi connectivity index (χ4n) is 3.24. The molecule has 1 amide bonds. The highest BCUT2D eigenvalue weighted by molar-refractivity contribution is 7.17. The first kappa shape index (κ1) is 20.1. The summed E-state index contributed by atoms with van der Waals surface area (Å²) >= 11 is 1.40. The first-order valence-corrected chi connectivity index (χ1v) is 10.1. The maximum Gasteiger partial charge on any atom is 0.341 e. The minimum absolute atomic E-state index is 0.112. The summed E-state index contributed by atoms with van der Waals surface area (Å²) in [6.45, 7) is 3.54. The average Bonchev–Trinajstić information content (AvgIpc) is 3.22. The average molecular weight is 401 g/mol. The molecule has 148 valence electrons. The van der Waals surface area contributed by atoms with Crippen LogP contribution in [0.1, 0.15) is 45.3 Å². The monoisotopic (exact) mass is 401 g/mol. The number of carbonyl (C=O) groups is 3. The fraction of sp³-hybridized carbons (Fsp3) is 0.381. The molecule has 0 bridgehead atoms. The van der Waals surface area contributed by atoms with E-state index in [4.69, 9.17) is 9.47 Å². The van der Waals surface area contributed by atoms with E-state index in [0.29, 0.717) is 10.6 Å². The van der Waals surface area contributed by atoms with Gasteiger partial charge in [-0.25, -0.2) is 4.79 Å². The van der Waals surface area contributed by atoms with Gasteiger partial charge in [-0.2, -0.15) is 0 Å². The third-order valence-electron chi connectivity index (χ3n) is 4.61. The Hall–Kier alpha value is -2.67. The highest BCUT2D eigenvalue weighted by atomic mass is 32.1. The van der Waals surface area contributed by atoms with Crippen molar-refractivity contribution >= 4 is 34.2 Å². The van der Waals surface area contributed by atoms with Crippen LogP contribution >= 0.6 is 11.3 Å². The predicted molar refractivity (Wildman–Crippen MR) is 107 cm³/mol. The summed E-state index contributed by atoms with van der Waals surface area (Å²) in [5.74, 6) is -1.36. The second kappa shape index (κ2) is 9.01. The van der Waals surface area contributed by atoms with Gasteiger partial charge >= 0.3 is 11.9 Å². The molecule has 0 unspecified atom stereocenters. The summed E-state index contributed by atoms with van der Waals surface area (Å²) in [5.41, 5.74) is 3.28. The lowest BCUT2D eigenvalue weighted by atomic mass is 10.1. The number of amides is 1. The van der Waals surface area contributed by atoms with E-state index in [1.807, 2.05) is 31.2 Å². The van der Waals surface area contributed by atoms with Crippen molar-refractivity contribution in [2.75, 3.05) is 18.5 Å². The molecule has 1 aliphatic rings. The minimum atomic E-state index is -0.469. The van der Waals surface area contributed by atoms with Crippen LogP contribution in [0, 0.1) is 6.92 Å². The second-order valence-corrected chi connectivity index (χ2v) is 7.70. The summed E-state index contributed by atoms with van der Waals surface area (Å²) in [4.78, 5) is 37.7. The number of benzene rings is 1. The Kier molecular flexibility index (Phi) is 6.46. The minimum Gasteiger partial charge on any atom is -0.462 e. The van der Waals surface area contributed by atoms with E-state index in [1.165, 1.54) is 11.3 Å². The largest absolute Gasteiger partial charge is 0.462 e. The normalized spacial score (nSPS) is 12.4. The zero-order valence-electron chi connectivity index (χ0n) is 16.0. The van der Waals surface area contributed by atoms with Crippen LogP contribution in [0.25, 0.3) is 0 Å². The second-order valence-electron chi connectivity index (χ2n) is 6.59. The van der Waals surface area contributed by atoms with Crippen molar-refractivity contribution in [1.82, 2.24) is 0 Å². The molecule has 0 fully saturated rings. The van der Waals surface area contributed by atoms with Crippen LogP contribution in [0.4, 0.5) is 5.00 Å². The van der Waals surface area contributed by atoms with Crippen LogP contribution in [-0.2, 0) is 38.3 Å². The molecule has 7 heteroatoms. The molecule has 0 spiro atoms. The highest BCUT2D eigenvalue weighted by Crippen LogP contribution is 2.39. The molecule has 3 rings (SSSR count). The van der Waals surface area contributed by atoms with E-state index in [-0.39, 0.29) is 13.0 Å². The number of fused-ring (bicyclic) bond motifs is 1. The molecule has 1 aromatic carbocycles. The van der Waals surface area contributed by atoms with Gasteiger partial charge in [-0.3, -0.25) is 9.59 Å². The Morgan fingerprint density at radius 3 is 2.68 bits per heavy atom. The molecule has 1 heterocycles. The van der Waals surface area contributed by atoms with E-state index in [1.54, 1.807) is 6.92 Å². The summed E-state index contributed by atoms with van der Waals surface area (Å²) in [6.07, 6.45) is 2.81. The Morgan fingerprint density at radius 2 is 1.93 bits per heavy atom. The van der Waals surface area contributed by atoms with Crippen molar-refractivity contribution in [3.63, 3.8) is 0 Å². The Morgan fingerprint density at radius 1 is 1.14 bits per heavy atom. The van der Waals surface area contributed by atoms with Crippen LogP contribution in [0.15, 0.2) is 24.3 Å². The van der Waals surface area contributed by atoms with Crippen LogP contribution in [0.3, 0.4) is 0 Å². The standard InChI is InChI=1S/C21H23NO5S/c1-3-26-21(25)19-15-9-6-10-16(15)28-20(19)22-17(23)12-27-18(24)11-14-8-5-4-7-13(14)2/h4-5,7-8H,3,6,9-12H2,1-2H3,(H,22,23). The lowest BCUT2D eigenvalue weighted by Gasteiger charge is -2.09.